The van der Waals surface area contributed by atoms with Crippen LogP contribution in [0.5, 0.6) is 0 Å². The van der Waals surface area contributed by atoms with Crippen LogP contribution in [0.1, 0.15) is 186 Å². The molecule has 4 aromatic rings. The molecule has 0 amide bonds. The van der Waals surface area contributed by atoms with Crippen molar-refractivity contribution in [2.45, 2.75) is 183 Å². The molecule has 1 radical (unpaired) electrons. The van der Waals surface area contributed by atoms with Crippen LogP contribution in [0, 0.1) is 48.0 Å². The summed E-state index contributed by atoms with van der Waals surface area (Å²) in [5, 5.41) is 13.9. The second-order valence-corrected chi connectivity index (χ2v) is 22.2. The fourth-order valence-electron chi connectivity index (χ4n) is 12.8. The maximum atomic E-state index is 12.0. The summed E-state index contributed by atoms with van der Waals surface area (Å²) in [6, 6.07) is 22.0. The minimum Gasteiger partial charge on any atom is -0.512 e. The number of aryl methyl sites for hydroxylation is 2. The van der Waals surface area contributed by atoms with Crippen LogP contribution in [0.4, 0.5) is 0 Å². The Labute approximate surface area is 371 Å². The minimum absolute atomic E-state index is 0. The zero-order valence-electron chi connectivity index (χ0n) is 38.1. The molecule has 1 aromatic heterocycles. The van der Waals surface area contributed by atoms with Gasteiger partial charge in [0.05, 0.1) is 11.3 Å². The molecule has 1 spiro atoms. The van der Waals surface area contributed by atoms with E-state index in [1.165, 1.54) is 122 Å². The van der Waals surface area contributed by atoms with Gasteiger partial charge in [-0.25, -0.2) is 0 Å². The number of nitrogens with zero attached hydrogens (tertiary/aromatic N) is 1. The van der Waals surface area contributed by atoms with Gasteiger partial charge in [-0.05, 0) is 135 Å². The average molecular weight is 973 g/mol. The summed E-state index contributed by atoms with van der Waals surface area (Å²) in [4.78, 5) is 17.4. The number of aromatic nitrogens is 1. The molecule has 1 heterocycles. The molecular formula is C55H74IrNO2-. The van der Waals surface area contributed by atoms with E-state index >= 15 is 0 Å². The molecule has 3 aromatic carbocycles. The van der Waals surface area contributed by atoms with Gasteiger partial charge in [0.25, 0.3) is 0 Å². The van der Waals surface area contributed by atoms with Crippen LogP contribution >= 0.6 is 0 Å². The van der Waals surface area contributed by atoms with Gasteiger partial charge in [-0.15, -0.1) is 29.1 Å². The van der Waals surface area contributed by atoms with Gasteiger partial charge in [0.1, 0.15) is 0 Å². The zero-order valence-corrected chi connectivity index (χ0v) is 40.5. The first-order valence-electron chi connectivity index (χ1n) is 23.2. The van der Waals surface area contributed by atoms with E-state index in [-0.39, 0.29) is 43.1 Å². The molecule has 0 bridgehead atoms. The van der Waals surface area contributed by atoms with E-state index in [1.54, 1.807) is 6.08 Å². The van der Waals surface area contributed by atoms with Gasteiger partial charge in [-0.1, -0.05) is 128 Å². The Morgan fingerprint density at radius 3 is 1.98 bits per heavy atom. The first-order valence-corrected chi connectivity index (χ1v) is 23.2. The van der Waals surface area contributed by atoms with Crippen LogP contribution in [0.2, 0.25) is 0 Å². The topological polar surface area (TPSA) is 50.2 Å². The Morgan fingerprint density at radius 1 is 0.780 bits per heavy atom. The van der Waals surface area contributed by atoms with E-state index in [4.69, 9.17) is 4.98 Å². The van der Waals surface area contributed by atoms with Crippen molar-refractivity contribution in [1.82, 2.24) is 4.98 Å². The number of pyridine rings is 1. The Kier molecular flexibility index (Phi) is 14.2. The third kappa shape index (κ3) is 10.8. The van der Waals surface area contributed by atoms with E-state index in [1.807, 2.05) is 0 Å². The van der Waals surface area contributed by atoms with Crippen molar-refractivity contribution >= 4 is 27.5 Å². The summed E-state index contributed by atoms with van der Waals surface area (Å²) in [6.07, 6.45) is 22.4. The van der Waals surface area contributed by atoms with E-state index in [0.29, 0.717) is 27.9 Å². The van der Waals surface area contributed by atoms with Gasteiger partial charge >= 0.3 is 0 Å². The molecule has 4 aliphatic carbocycles. The van der Waals surface area contributed by atoms with Gasteiger partial charge < -0.3 is 5.11 Å². The quantitative estimate of drug-likeness (QED) is 0.123. The van der Waals surface area contributed by atoms with Crippen molar-refractivity contribution in [1.29, 1.82) is 0 Å². The Morgan fingerprint density at radius 2 is 1.37 bits per heavy atom. The molecule has 4 aliphatic rings. The Bertz CT molecular complexity index is 2110. The second kappa shape index (κ2) is 18.3. The van der Waals surface area contributed by atoms with Gasteiger partial charge in [-0.2, -0.15) is 0 Å². The van der Waals surface area contributed by atoms with Crippen LogP contribution < -0.4 is 0 Å². The number of aliphatic hydroxyl groups is 1. The first-order chi connectivity index (χ1) is 27.4. The van der Waals surface area contributed by atoms with Crippen LogP contribution in [-0.4, -0.2) is 15.9 Å². The van der Waals surface area contributed by atoms with E-state index in [2.05, 4.69) is 117 Å². The van der Waals surface area contributed by atoms with Crippen molar-refractivity contribution in [3.63, 3.8) is 0 Å². The molecular weight excluding hydrogens is 899 g/mol. The van der Waals surface area contributed by atoms with Crippen molar-refractivity contribution in [3.8, 4) is 11.3 Å². The SMILES string of the molecule is Cc1cc(C)c2c(C3CCC4(CC3)CC(C)(C)CC(C)(C)C4)cc(-c3[c-]c4ccccc4c(C(C)(C)C)c3)nc2c1.O=C(/C=C(\O)C1CCCCC1)C1CCCCC1.[Ir]. The number of carbonyl (C=O) groups excluding carboxylic acids is 1. The van der Waals surface area contributed by atoms with Gasteiger partial charge in [0.2, 0.25) is 0 Å². The standard InChI is InChI=1S/C40H50N.C15H24O2.Ir/c1-26-18-27(2)36-32(28-14-16-40(17-15-28)24-38(6,7)23-39(8,9)25-40)22-34(41-35(36)19-26)30-20-29-12-10-11-13-31(29)33(21-30)37(3,4)5;16-14(12-7-3-1-4-8-12)11-15(17)13-9-5-2-6-10-13;/h10-13,18-19,21-22,28H,14-17,23-25H2,1-9H3;11-13,16H,1-10H2;/q-1;;/b;14-11-;. The molecule has 8 rings (SSSR count). The Balaban J connectivity index is 0.000000273. The molecule has 0 unspecified atom stereocenters. The summed E-state index contributed by atoms with van der Waals surface area (Å²) in [5.74, 6) is 1.57. The van der Waals surface area contributed by atoms with E-state index in [9.17, 15) is 9.90 Å². The van der Waals surface area contributed by atoms with Crippen LogP contribution in [0.3, 0.4) is 0 Å². The number of fused-ring (bicyclic) bond motifs is 2. The average Bonchev–Trinajstić information content (AvgIpc) is 3.16. The minimum atomic E-state index is 0. The fraction of sp³-hybridized carbons (Fsp3) is 0.600. The number of benzene rings is 3. The molecule has 321 valence electrons. The van der Waals surface area contributed by atoms with Crippen LogP contribution in [-0.2, 0) is 30.3 Å². The van der Waals surface area contributed by atoms with Crippen molar-refractivity contribution in [2.75, 3.05) is 0 Å². The summed E-state index contributed by atoms with van der Waals surface area (Å²) >= 11 is 0. The van der Waals surface area contributed by atoms with Gasteiger partial charge in [0.15, 0.2) is 5.78 Å². The van der Waals surface area contributed by atoms with Gasteiger partial charge in [0, 0.05) is 49.1 Å². The summed E-state index contributed by atoms with van der Waals surface area (Å²) < 4.78 is 0. The third-order valence-corrected chi connectivity index (χ3v) is 14.6. The summed E-state index contributed by atoms with van der Waals surface area (Å²) in [5.41, 5.74) is 10.3. The van der Waals surface area contributed by atoms with Crippen molar-refractivity contribution in [2.24, 2.45) is 28.1 Å². The summed E-state index contributed by atoms with van der Waals surface area (Å²) in [6.45, 7) is 21.5. The maximum Gasteiger partial charge on any atom is 0.162 e. The monoisotopic (exact) mass is 974 g/mol. The molecule has 59 heavy (non-hydrogen) atoms. The third-order valence-electron chi connectivity index (χ3n) is 14.6. The second-order valence-electron chi connectivity index (χ2n) is 22.2. The zero-order chi connectivity index (χ0) is 41.5. The molecule has 3 nitrogen and oxygen atoms in total. The normalized spacial score (nSPS) is 21.5. The van der Waals surface area contributed by atoms with Gasteiger partial charge in [-0.3, -0.25) is 9.78 Å². The molecule has 4 saturated carbocycles. The number of allylic oxidation sites excluding steroid dienone is 2. The van der Waals surface area contributed by atoms with Crippen molar-refractivity contribution < 1.29 is 30.0 Å². The number of hydrogen-bond donors (Lipinski definition) is 1. The maximum absolute atomic E-state index is 12.0. The Hall–Kier alpha value is -2.81. The van der Waals surface area contributed by atoms with E-state index in [0.717, 1.165) is 42.5 Å². The fourth-order valence-corrected chi connectivity index (χ4v) is 12.8. The smallest absolute Gasteiger partial charge is 0.162 e. The van der Waals surface area contributed by atoms with Crippen LogP contribution in [0.25, 0.3) is 32.9 Å². The summed E-state index contributed by atoms with van der Waals surface area (Å²) in [7, 11) is 0. The predicted octanol–water partition coefficient (Wildman–Crippen LogP) is 15.8. The van der Waals surface area contributed by atoms with Crippen LogP contribution in [0.15, 0.2) is 60.4 Å². The number of carbonyl (C=O) groups is 1. The van der Waals surface area contributed by atoms with Crippen molar-refractivity contribution in [3.05, 3.63) is 88.7 Å². The number of aliphatic hydroxyl groups excluding tert-OH is 1. The number of ketones is 1. The molecule has 0 saturated heterocycles. The number of hydrogen-bond acceptors (Lipinski definition) is 3. The molecule has 4 heteroatoms. The van der Waals surface area contributed by atoms with E-state index < -0.39 is 0 Å². The number of rotatable bonds is 5. The molecule has 0 atom stereocenters. The molecule has 0 aliphatic heterocycles. The molecule has 1 N–H and O–H groups in total. The first kappa shape index (κ1) is 45.7. The largest absolute Gasteiger partial charge is 0.512 e. The molecule has 4 fully saturated rings. The predicted molar refractivity (Wildman–Crippen MR) is 246 cm³/mol.